The van der Waals surface area contributed by atoms with Gasteiger partial charge in [-0.1, -0.05) is 0 Å². The maximum Gasteiger partial charge on any atom is 0.222 e. The van der Waals surface area contributed by atoms with Crippen molar-refractivity contribution >= 4 is 5.91 Å². The van der Waals surface area contributed by atoms with E-state index >= 15 is 0 Å². The van der Waals surface area contributed by atoms with Gasteiger partial charge in [-0.2, -0.15) is 5.26 Å². The van der Waals surface area contributed by atoms with Gasteiger partial charge in [0.25, 0.3) is 0 Å². The van der Waals surface area contributed by atoms with E-state index < -0.39 is 0 Å². The van der Waals surface area contributed by atoms with E-state index in [1.807, 2.05) is 4.90 Å². The normalized spacial score (nSPS) is 27.2. The van der Waals surface area contributed by atoms with Crippen molar-refractivity contribution in [2.45, 2.75) is 32.1 Å². The molecular weight excluding hydrogens is 226 g/mol. The molecule has 1 amide bonds. The number of hydrogen-bond donors (Lipinski definition) is 0. The van der Waals surface area contributed by atoms with Gasteiger partial charge in [-0.25, -0.2) is 0 Å². The molecule has 0 aromatic carbocycles. The van der Waals surface area contributed by atoms with Gasteiger partial charge in [-0.15, -0.1) is 0 Å². The molecule has 2 heterocycles. The zero-order chi connectivity index (χ0) is 13.0. The van der Waals surface area contributed by atoms with E-state index in [9.17, 15) is 4.79 Å². The van der Waals surface area contributed by atoms with E-state index in [1.165, 1.54) is 25.9 Å². The number of amides is 1. The average Bonchev–Trinajstić information content (AvgIpc) is 2.40. The molecule has 4 nitrogen and oxygen atoms in total. The highest BCUT2D eigenvalue weighted by atomic mass is 16.2. The van der Waals surface area contributed by atoms with Crippen molar-refractivity contribution in [2.24, 2.45) is 11.8 Å². The van der Waals surface area contributed by atoms with Gasteiger partial charge in [-0.3, -0.25) is 4.79 Å². The lowest BCUT2D eigenvalue weighted by atomic mass is 9.92. The van der Waals surface area contributed by atoms with E-state index in [0.29, 0.717) is 13.0 Å². The summed E-state index contributed by atoms with van der Waals surface area (Å²) in [6.45, 7) is 3.87. The molecule has 0 N–H and O–H groups in total. The maximum absolute atomic E-state index is 11.8. The quantitative estimate of drug-likeness (QED) is 0.761. The minimum absolute atomic E-state index is 0.0557. The Morgan fingerprint density at radius 3 is 2.72 bits per heavy atom. The molecule has 18 heavy (non-hydrogen) atoms. The molecular formula is C14H23N3O. The lowest BCUT2D eigenvalue weighted by molar-refractivity contribution is -0.134. The van der Waals surface area contributed by atoms with Gasteiger partial charge in [0.05, 0.1) is 12.0 Å². The molecule has 4 heteroatoms. The van der Waals surface area contributed by atoms with Crippen LogP contribution in [0, 0.1) is 23.2 Å². The molecule has 2 saturated heterocycles. The summed E-state index contributed by atoms with van der Waals surface area (Å²) < 4.78 is 0. The molecule has 2 aliphatic heterocycles. The van der Waals surface area contributed by atoms with Crippen molar-refractivity contribution in [1.82, 2.24) is 9.80 Å². The van der Waals surface area contributed by atoms with Crippen molar-refractivity contribution in [1.29, 1.82) is 5.26 Å². The first-order chi connectivity index (χ1) is 8.69. The number of piperidine rings is 2. The van der Waals surface area contributed by atoms with Gasteiger partial charge in [0.2, 0.25) is 5.91 Å². The van der Waals surface area contributed by atoms with Crippen LogP contribution in [0.15, 0.2) is 0 Å². The van der Waals surface area contributed by atoms with Crippen molar-refractivity contribution < 1.29 is 4.79 Å². The molecule has 100 valence electrons. The molecule has 2 rings (SSSR count). The van der Waals surface area contributed by atoms with Gasteiger partial charge in [0.15, 0.2) is 0 Å². The van der Waals surface area contributed by atoms with Crippen LogP contribution in [0.4, 0.5) is 0 Å². The number of nitrogens with zero attached hydrogens (tertiary/aromatic N) is 3. The zero-order valence-electron chi connectivity index (χ0n) is 11.3. The first kappa shape index (κ1) is 13.4. The number of nitriles is 1. The highest BCUT2D eigenvalue weighted by Gasteiger charge is 2.26. The van der Waals surface area contributed by atoms with Gasteiger partial charge >= 0.3 is 0 Å². The number of likely N-dealkylation sites (tertiary alicyclic amines) is 2. The number of rotatable bonds is 3. The second-order valence-electron chi connectivity index (χ2n) is 5.74. The second kappa shape index (κ2) is 6.19. The fraction of sp³-hybridized carbons (Fsp3) is 0.857. The summed E-state index contributed by atoms with van der Waals surface area (Å²) in [5.41, 5.74) is 0. The fourth-order valence-electron chi connectivity index (χ4n) is 2.93. The summed E-state index contributed by atoms with van der Waals surface area (Å²) in [6.07, 6.45) is 4.92. The number of carbonyl (C=O) groups excluding carboxylic acids is 1. The Bertz CT molecular complexity index is 328. The monoisotopic (exact) mass is 249 g/mol. The molecule has 0 aromatic rings. The van der Waals surface area contributed by atoms with Gasteiger partial charge in [-0.05, 0) is 51.7 Å². The van der Waals surface area contributed by atoms with Crippen LogP contribution in [-0.4, -0.2) is 48.9 Å². The first-order valence-electron chi connectivity index (χ1n) is 7.05. The molecule has 0 aromatic heterocycles. The van der Waals surface area contributed by atoms with Gasteiger partial charge < -0.3 is 9.80 Å². The third-order valence-corrected chi connectivity index (χ3v) is 4.33. The third-order valence-electron chi connectivity index (χ3n) is 4.33. The lowest BCUT2D eigenvalue weighted by Crippen LogP contribution is -2.41. The van der Waals surface area contributed by atoms with E-state index in [4.69, 9.17) is 5.26 Å². The molecule has 2 fully saturated rings. The molecule has 0 radical (unpaired) electrons. The Labute approximate surface area is 110 Å². The van der Waals surface area contributed by atoms with Crippen LogP contribution >= 0.6 is 0 Å². The molecule has 2 aliphatic rings. The van der Waals surface area contributed by atoms with Crippen molar-refractivity contribution in [3.63, 3.8) is 0 Å². The van der Waals surface area contributed by atoms with Crippen LogP contribution in [-0.2, 0) is 4.79 Å². The summed E-state index contributed by atoms with van der Waals surface area (Å²) in [4.78, 5) is 16.1. The van der Waals surface area contributed by atoms with Gasteiger partial charge in [0, 0.05) is 19.5 Å². The van der Waals surface area contributed by atoms with E-state index in [-0.39, 0.29) is 11.8 Å². The summed E-state index contributed by atoms with van der Waals surface area (Å²) in [7, 11) is 2.17. The van der Waals surface area contributed by atoms with E-state index in [0.717, 1.165) is 25.3 Å². The highest BCUT2D eigenvalue weighted by Crippen LogP contribution is 2.22. The lowest BCUT2D eigenvalue weighted by Gasteiger charge is -2.33. The SMILES string of the molecule is CN1CCC(CCN2CC(C#N)CCC2=O)CC1. The fourth-order valence-corrected chi connectivity index (χ4v) is 2.93. The molecule has 0 aliphatic carbocycles. The topological polar surface area (TPSA) is 47.3 Å². The highest BCUT2D eigenvalue weighted by molar-refractivity contribution is 5.77. The largest absolute Gasteiger partial charge is 0.341 e. The maximum atomic E-state index is 11.8. The van der Waals surface area contributed by atoms with Crippen molar-refractivity contribution in [3.8, 4) is 6.07 Å². The molecule has 0 bridgehead atoms. The second-order valence-corrected chi connectivity index (χ2v) is 5.74. The number of carbonyl (C=O) groups is 1. The Morgan fingerprint density at radius 1 is 1.33 bits per heavy atom. The van der Waals surface area contributed by atoms with Crippen LogP contribution in [0.2, 0.25) is 0 Å². The Morgan fingerprint density at radius 2 is 2.06 bits per heavy atom. The predicted octanol–water partition coefficient (Wildman–Crippen LogP) is 1.48. The first-order valence-corrected chi connectivity index (χ1v) is 7.05. The standard InChI is InChI=1S/C14H23N3O/c1-16-7-4-12(5-8-16)6-9-17-11-13(10-15)2-3-14(17)18/h12-13H,2-9,11H2,1H3. The minimum Gasteiger partial charge on any atom is -0.341 e. The summed E-state index contributed by atoms with van der Waals surface area (Å²) in [5.74, 6) is 1.06. The predicted molar refractivity (Wildman–Crippen MR) is 69.8 cm³/mol. The summed E-state index contributed by atoms with van der Waals surface area (Å²) in [6, 6.07) is 2.30. The summed E-state index contributed by atoms with van der Waals surface area (Å²) >= 11 is 0. The Balaban J connectivity index is 1.75. The molecule has 1 unspecified atom stereocenters. The third kappa shape index (κ3) is 3.46. The molecule has 0 saturated carbocycles. The Hall–Kier alpha value is -1.08. The molecule has 0 spiro atoms. The summed E-state index contributed by atoms with van der Waals surface area (Å²) in [5, 5.41) is 8.95. The van der Waals surface area contributed by atoms with Crippen molar-refractivity contribution in [3.05, 3.63) is 0 Å². The zero-order valence-corrected chi connectivity index (χ0v) is 11.3. The molecule has 1 atom stereocenters. The van der Waals surface area contributed by atoms with Crippen LogP contribution < -0.4 is 0 Å². The van der Waals surface area contributed by atoms with Gasteiger partial charge in [0.1, 0.15) is 0 Å². The van der Waals surface area contributed by atoms with Crippen LogP contribution in [0.25, 0.3) is 0 Å². The van der Waals surface area contributed by atoms with E-state index in [1.54, 1.807) is 0 Å². The van der Waals surface area contributed by atoms with Crippen LogP contribution in [0.1, 0.15) is 32.1 Å². The number of hydrogen-bond acceptors (Lipinski definition) is 3. The average molecular weight is 249 g/mol. The minimum atomic E-state index is 0.0557. The van der Waals surface area contributed by atoms with E-state index in [2.05, 4.69) is 18.0 Å². The Kier molecular flexibility index (Phi) is 4.60. The van der Waals surface area contributed by atoms with Crippen LogP contribution in [0.3, 0.4) is 0 Å². The smallest absolute Gasteiger partial charge is 0.222 e. The van der Waals surface area contributed by atoms with Crippen molar-refractivity contribution in [2.75, 3.05) is 33.2 Å². The van der Waals surface area contributed by atoms with Crippen LogP contribution in [0.5, 0.6) is 0 Å².